The summed E-state index contributed by atoms with van der Waals surface area (Å²) in [7, 11) is 0. The highest BCUT2D eigenvalue weighted by molar-refractivity contribution is 5.94. The predicted octanol–water partition coefficient (Wildman–Crippen LogP) is 3.99. The second-order valence-corrected chi connectivity index (χ2v) is 8.34. The number of benzene rings is 3. The van der Waals surface area contributed by atoms with Crippen molar-refractivity contribution < 1.29 is 23.0 Å². The summed E-state index contributed by atoms with van der Waals surface area (Å²) in [5.41, 5.74) is 2.41. The number of ether oxygens (including phenoxy) is 2. The number of hydrogen-bond donors (Lipinski definition) is 1. The Morgan fingerprint density at radius 1 is 0.853 bits per heavy atom. The Bertz CT molecular complexity index is 1150. The Labute approximate surface area is 196 Å². The fraction of sp³-hybridized carbons (Fsp3) is 0.269. The van der Waals surface area contributed by atoms with Crippen LogP contribution in [0.4, 0.5) is 14.5 Å². The number of rotatable bonds is 6. The minimum absolute atomic E-state index is 0.0886. The molecule has 6 nitrogen and oxygen atoms in total. The molecule has 0 aromatic heterocycles. The highest BCUT2D eigenvalue weighted by atomic mass is 19.1. The van der Waals surface area contributed by atoms with Crippen molar-refractivity contribution in [2.45, 2.75) is 6.04 Å². The molecule has 176 valence electrons. The molecule has 1 saturated heterocycles. The number of fused-ring (bicyclic) bond motifs is 1. The molecule has 3 aromatic carbocycles. The van der Waals surface area contributed by atoms with E-state index in [1.165, 1.54) is 36.4 Å². The molecule has 1 amide bonds. The summed E-state index contributed by atoms with van der Waals surface area (Å²) in [4.78, 5) is 17.2. The van der Waals surface area contributed by atoms with Gasteiger partial charge in [-0.25, -0.2) is 8.78 Å². The van der Waals surface area contributed by atoms with Gasteiger partial charge in [-0.3, -0.25) is 9.69 Å². The Morgan fingerprint density at radius 3 is 2.21 bits per heavy atom. The minimum Gasteiger partial charge on any atom is -0.454 e. The first-order valence-electron chi connectivity index (χ1n) is 11.2. The number of anilines is 1. The molecular formula is C26H25F2N3O3. The summed E-state index contributed by atoms with van der Waals surface area (Å²) in [5, 5.41) is 3.00. The summed E-state index contributed by atoms with van der Waals surface area (Å²) >= 11 is 0. The van der Waals surface area contributed by atoms with E-state index in [0.717, 1.165) is 37.4 Å². The summed E-state index contributed by atoms with van der Waals surface area (Å²) in [6.45, 7) is 3.66. The zero-order valence-electron chi connectivity index (χ0n) is 18.5. The van der Waals surface area contributed by atoms with Crippen molar-refractivity contribution in [2.24, 2.45) is 0 Å². The summed E-state index contributed by atoms with van der Waals surface area (Å²) in [6.07, 6.45) is 0. The van der Waals surface area contributed by atoms with Crippen molar-refractivity contribution in [3.63, 3.8) is 0 Å². The average Bonchev–Trinajstić information content (AvgIpc) is 3.33. The van der Waals surface area contributed by atoms with Gasteiger partial charge in [0.2, 0.25) is 6.79 Å². The zero-order chi connectivity index (χ0) is 23.5. The van der Waals surface area contributed by atoms with Crippen LogP contribution < -0.4 is 19.7 Å². The van der Waals surface area contributed by atoms with Crippen LogP contribution in [0.25, 0.3) is 0 Å². The van der Waals surface area contributed by atoms with Crippen LogP contribution in [0, 0.1) is 11.6 Å². The lowest BCUT2D eigenvalue weighted by molar-refractivity contribution is 0.0930. The molecule has 1 fully saturated rings. The summed E-state index contributed by atoms with van der Waals surface area (Å²) < 4.78 is 37.5. The first kappa shape index (κ1) is 22.2. The molecule has 2 aliphatic heterocycles. The van der Waals surface area contributed by atoms with Gasteiger partial charge in [0.05, 0.1) is 6.04 Å². The number of nitrogens with one attached hydrogen (secondary N) is 1. The molecule has 0 saturated carbocycles. The van der Waals surface area contributed by atoms with Gasteiger partial charge in [-0.05, 0) is 66.2 Å². The number of carbonyl (C=O) groups is 1. The monoisotopic (exact) mass is 465 g/mol. The molecule has 0 radical (unpaired) electrons. The van der Waals surface area contributed by atoms with E-state index in [1.54, 1.807) is 12.1 Å². The van der Waals surface area contributed by atoms with Gasteiger partial charge in [-0.1, -0.05) is 6.07 Å². The highest BCUT2D eigenvalue weighted by Gasteiger charge is 2.27. The number of piperazine rings is 1. The highest BCUT2D eigenvalue weighted by Crippen LogP contribution is 2.35. The summed E-state index contributed by atoms with van der Waals surface area (Å²) in [5.74, 6) is 0.517. The topological polar surface area (TPSA) is 54.0 Å². The zero-order valence-corrected chi connectivity index (χ0v) is 18.5. The van der Waals surface area contributed by atoms with Gasteiger partial charge in [0, 0.05) is 44.0 Å². The van der Waals surface area contributed by atoms with Crippen molar-refractivity contribution in [1.29, 1.82) is 0 Å². The third-order valence-corrected chi connectivity index (χ3v) is 6.29. The van der Waals surface area contributed by atoms with Crippen LogP contribution in [0.2, 0.25) is 0 Å². The fourth-order valence-electron chi connectivity index (χ4n) is 4.41. The maximum absolute atomic E-state index is 13.3. The number of nitrogens with zero attached hydrogens (tertiary/aromatic N) is 2. The first-order valence-corrected chi connectivity index (χ1v) is 11.2. The standard InChI is InChI=1S/C26H25F2N3O3/c27-20-4-1-18(2-5-20)26(32)29-16-23(19-3-10-24-25(15-19)34-17-33-24)31-13-11-30(12-14-31)22-8-6-21(28)7-9-22/h1-10,15,23H,11-14,16-17H2,(H,29,32). The minimum atomic E-state index is -0.381. The molecule has 1 unspecified atom stereocenters. The second-order valence-electron chi connectivity index (χ2n) is 8.34. The third-order valence-electron chi connectivity index (χ3n) is 6.29. The lowest BCUT2D eigenvalue weighted by Crippen LogP contribution is -2.50. The largest absolute Gasteiger partial charge is 0.454 e. The van der Waals surface area contributed by atoms with Gasteiger partial charge in [-0.15, -0.1) is 0 Å². The molecule has 8 heteroatoms. The van der Waals surface area contributed by atoms with Crippen LogP contribution in [-0.4, -0.2) is 50.3 Å². The molecule has 0 spiro atoms. The van der Waals surface area contributed by atoms with Crippen LogP contribution in [0.1, 0.15) is 22.0 Å². The molecule has 1 N–H and O–H groups in total. The predicted molar refractivity (Wildman–Crippen MR) is 124 cm³/mol. The van der Waals surface area contributed by atoms with Crippen LogP contribution in [-0.2, 0) is 0 Å². The first-order chi connectivity index (χ1) is 16.6. The number of halogens is 2. The number of amides is 1. The van der Waals surface area contributed by atoms with Crippen molar-refractivity contribution in [2.75, 3.05) is 44.4 Å². The molecule has 3 aromatic rings. The van der Waals surface area contributed by atoms with Crippen LogP contribution in [0.15, 0.2) is 66.7 Å². The van der Waals surface area contributed by atoms with Gasteiger partial charge in [0.25, 0.3) is 5.91 Å². The van der Waals surface area contributed by atoms with Crippen molar-refractivity contribution >= 4 is 11.6 Å². The average molecular weight is 466 g/mol. The SMILES string of the molecule is O=C(NCC(c1ccc2c(c1)OCO2)N1CCN(c2ccc(F)cc2)CC1)c1ccc(F)cc1. The number of carbonyl (C=O) groups excluding carboxylic acids is 1. The van der Waals surface area contributed by atoms with Crippen molar-refractivity contribution in [1.82, 2.24) is 10.2 Å². The Kier molecular flexibility index (Phi) is 6.31. The molecule has 34 heavy (non-hydrogen) atoms. The second kappa shape index (κ2) is 9.69. The maximum Gasteiger partial charge on any atom is 0.251 e. The molecule has 2 heterocycles. The van der Waals surface area contributed by atoms with E-state index < -0.39 is 0 Å². The van der Waals surface area contributed by atoms with E-state index in [9.17, 15) is 13.6 Å². The van der Waals surface area contributed by atoms with Gasteiger partial charge >= 0.3 is 0 Å². The Morgan fingerprint density at radius 2 is 1.50 bits per heavy atom. The molecule has 0 bridgehead atoms. The lowest BCUT2D eigenvalue weighted by Gasteiger charge is -2.40. The Balaban J connectivity index is 1.31. The van der Waals surface area contributed by atoms with Crippen LogP contribution in [0.3, 0.4) is 0 Å². The third kappa shape index (κ3) is 4.82. The Hall–Kier alpha value is -3.65. The van der Waals surface area contributed by atoms with E-state index in [-0.39, 0.29) is 30.4 Å². The van der Waals surface area contributed by atoms with Crippen LogP contribution >= 0.6 is 0 Å². The maximum atomic E-state index is 13.3. The van der Waals surface area contributed by atoms with E-state index in [2.05, 4.69) is 15.1 Å². The van der Waals surface area contributed by atoms with Gasteiger partial charge < -0.3 is 19.7 Å². The van der Waals surface area contributed by atoms with E-state index in [4.69, 9.17) is 9.47 Å². The molecule has 0 aliphatic carbocycles. The molecular weight excluding hydrogens is 440 g/mol. The van der Waals surface area contributed by atoms with Crippen molar-refractivity contribution in [3.05, 3.63) is 89.5 Å². The fourth-order valence-corrected chi connectivity index (χ4v) is 4.41. The van der Waals surface area contributed by atoms with E-state index >= 15 is 0 Å². The van der Waals surface area contributed by atoms with Gasteiger partial charge in [0.1, 0.15) is 11.6 Å². The van der Waals surface area contributed by atoms with E-state index in [1.807, 2.05) is 18.2 Å². The smallest absolute Gasteiger partial charge is 0.251 e. The quantitative estimate of drug-likeness (QED) is 0.597. The molecule has 2 aliphatic rings. The molecule has 5 rings (SSSR count). The molecule has 1 atom stereocenters. The van der Waals surface area contributed by atoms with Crippen molar-refractivity contribution in [3.8, 4) is 11.5 Å². The normalized spacial score (nSPS) is 16.4. The van der Waals surface area contributed by atoms with E-state index in [0.29, 0.717) is 23.6 Å². The number of hydrogen-bond acceptors (Lipinski definition) is 5. The van der Waals surface area contributed by atoms with Crippen LogP contribution in [0.5, 0.6) is 11.5 Å². The lowest BCUT2D eigenvalue weighted by atomic mass is 10.0. The van der Waals surface area contributed by atoms with Gasteiger partial charge in [0.15, 0.2) is 11.5 Å². The summed E-state index contributed by atoms with van der Waals surface area (Å²) in [6, 6.07) is 17.8. The van der Waals surface area contributed by atoms with Gasteiger partial charge in [-0.2, -0.15) is 0 Å².